The van der Waals surface area contributed by atoms with Crippen molar-refractivity contribution in [1.29, 1.82) is 0 Å². The van der Waals surface area contributed by atoms with Gasteiger partial charge in [-0.05, 0) is 43.9 Å². The molecule has 3 heteroatoms. The number of benzene rings is 1. The lowest BCUT2D eigenvalue weighted by molar-refractivity contribution is 0.0857. The molecule has 0 radical (unpaired) electrons. The predicted molar refractivity (Wildman–Crippen MR) is 67.2 cm³/mol. The van der Waals surface area contributed by atoms with Gasteiger partial charge in [0, 0.05) is 18.7 Å². The Morgan fingerprint density at radius 3 is 3.00 bits per heavy atom. The summed E-state index contributed by atoms with van der Waals surface area (Å²) in [5, 5.41) is 2.94. The molecule has 1 amide bonds. The van der Waals surface area contributed by atoms with E-state index in [1.165, 1.54) is 0 Å². The van der Waals surface area contributed by atoms with Crippen molar-refractivity contribution in [3.8, 4) is 0 Å². The minimum absolute atomic E-state index is 0.00157. The van der Waals surface area contributed by atoms with Gasteiger partial charge in [-0.15, -0.1) is 0 Å². The second kappa shape index (κ2) is 5.32. The molecule has 1 aromatic rings. The van der Waals surface area contributed by atoms with Crippen LogP contribution in [0.4, 0.5) is 0 Å². The summed E-state index contributed by atoms with van der Waals surface area (Å²) < 4.78 is 5.48. The van der Waals surface area contributed by atoms with E-state index >= 15 is 0 Å². The SMILES string of the molecule is Cc1cccc(C(=O)NCC2CCCO2)c1C. The van der Waals surface area contributed by atoms with E-state index in [1.807, 2.05) is 32.0 Å². The maximum absolute atomic E-state index is 12.0. The number of carbonyl (C=O) groups is 1. The molecule has 1 unspecified atom stereocenters. The van der Waals surface area contributed by atoms with Crippen molar-refractivity contribution in [2.45, 2.75) is 32.8 Å². The zero-order valence-corrected chi connectivity index (χ0v) is 10.5. The van der Waals surface area contributed by atoms with Crippen molar-refractivity contribution in [1.82, 2.24) is 5.32 Å². The van der Waals surface area contributed by atoms with Gasteiger partial charge >= 0.3 is 0 Å². The molecule has 0 bridgehead atoms. The van der Waals surface area contributed by atoms with Crippen LogP contribution in [-0.4, -0.2) is 25.2 Å². The highest BCUT2D eigenvalue weighted by atomic mass is 16.5. The smallest absolute Gasteiger partial charge is 0.251 e. The molecule has 0 aliphatic carbocycles. The summed E-state index contributed by atoms with van der Waals surface area (Å²) in [6, 6.07) is 5.81. The Kier molecular flexibility index (Phi) is 3.79. The number of ether oxygens (including phenoxy) is 1. The quantitative estimate of drug-likeness (QED) is 0.869. The third-order valence-electron chi connectivity index (χ3n) is 3.36. The number of hydrogen-bond acceptors (Lipinski definition) is 2. The lowest BCUT2D eigenvalue weighted by atomic mass is 10.0. The van der Waals surface area contributed by atoms with Crippen LogP contribution in [0.15, 0.2) is 18.2 Å². The van der Waals surface area contributed by atoms with Crippen molar-refractivity contribution in [3.63, 3.8) is 0 Å². The second-order valence-electron chi connectivity index (χ2n) is 4.59. The maximum Gasteiger partial charge on any atom is 0.251 e. The van der Waals surface area contributed by atoms with Crippen LogP contribution in [0.3, 0.4) is 0 Å². The third-order valence-corrected chi connectivity index (χ3v) is 3.36. The van der Waals surface area contributed by atoms with Gasteiger partial charge in [0.2, 0.25) is 0 Å². The van der Waals surface area contributed by atoms with Crippen LogP contribution in [0.2, 0.25) is 0 Å². The Balaban J connectivity index is 1.97. The molecular formula is C14H19NO2. The highest BCUT2D eigenvalue weighted by Crippen LogP contribution is 2.14. The number of hydrogen-bond donors (Lipinski definition) is 1. The van der Waals surface area contributed by atoms with Crippen molar-refractivity contribution >= 4 is 5.91 Å². The van der Waals surface area contributed by atoms with Gasteiger partial charge < -0.3 is 10.1 Å². The molecule has 1 aromatic carbocycles. The van der Waals surface area contributed by atoms with E-state index in [0.717, 1.165) is 36.1 Å². The minimum atomic E-state index is 0.00157. The zero-order valence-electron chi connectivity index (χ0n) is 10.5. The van der Waals surface area contributed by atoms with E-state index in [9.17, 15) is 4.79 Å². The van der Waals surface area contributed by atoms with E-state index in [0.29, 0.717) is 6.54 Å². The minimum Gasteiger partial charge on any atom is -0.376 e. The van der Waals surface area contributed by atoms with E-state index in [-0.39, 0.29) is 12.0 Å². The summed E-state index contributed by atoms with van der Waals surface area (Å²) in [5.74, 6) is 0.00157. The van der Waals surface area contributed by atoms with E-state index in [2.05, 4.69) is 5.32 Å². The molecule has 1 fully saturated rings. The summed E-state index contributed by atoms with van der Waals surface area (Å²) in [7, 11) is 0. The molecule has 2 rings (SSSR count). The lowest BCUT2D eigenvalue weighted by Gasteiger charge is -2.12. The number of aryl methyl sites for hydroxylation is 1. The molecule has 0 saturated carbocycles. The molecule has 0 spiro atoms. The first-order chi connectivity index (χ1) is 8.18. The summed E-state index contributed by atoms with van der Waals surface area (Å²) in [5.41, 5.74) is 2.97. The van der Waals surface area contributed by atoms with Gasteiger partial charge in [0.05, 0.1) is 6.10 Å². The normalized spacial score (nSPS) is 19.3. The molecular weight excluding hydrogens is 214 g/mol. The number of amides is 1. The molecule has 1 atom stereocenters. The first-order valence-electron chi connectivity index (χ1n) is 6.14. The highest BCUT2D eigenvalue weighted by Gasteiger charge is 2.17. The van der Waals surface area contributed by atoms with E-state index in [1.54, 1.807) is 0 Å². The molecule has 1 heterocycles. The Morgan fingerprint density at radius 1 is 1.47 bits per heavy atom. The fourth-order valence-electron chi connectivity index (χ4n) is 2.10. The van der Waals surface area contributed by atoms with Crippen molar-refractivity contribution in [2.24, 2.45) is 0 Å². The average molecular weight is 233 g/mol. The number of carbonyl (C=O) groups excluding carboxylic acids is 1. The Labute approximate surface area is 102 Å². The molecule has 1 aliphatic heterocycles. The van der Waals surface area contributed by atoms with Crippen LogP contribution < -0.4 is 5.32 Å². The van der Waals surface area contributed by atoms with Gasteiger partial charge in [0.25, 0.3) is 5.91 Å². The largest absolute Gasteiger partial charge is 0.376 e. The fourth-order valence-corrected chi connectivity index (χ4v) is 2.10. The van der Waals surface area contributed by atoms with Crippen LogP contribution in [0, 0.1) is 13.8 Å². The topological polar surface area (TPSA) is 38.3 Å². The summed E-state index contributed by atoms with van der Waals surface area (Å²) in [6.07, 6.45) is 2.35. The van der Waals surface area contributed by atoms with Crippen LogP contribution in [0.5, 0.6) is 0 Å². The number of rotatable bonds is 3. The van der Waals surface area contributed by atoms with Gasteiger partial charge in [-0.25, -0.2) is 0 Å². The molecule has 1 saturated heterocycles. The first kappa shape index (κ1) is 12.1. The Hall–Kier alpha value is -1.35. The summed E-state index contributed by atoms with van der Waals surface area (Å²) >= 11 is 0. The van der Waals surface area contributed by atoms with Gasteiger partial charge in [-0.2, -0.15) is 0 Å². The van der Waals surface area contributed by atoms with Crippen LogP contribution in [0.1, 0.15) is 34.3 Å². The molecule has 1 N–H and O–H groups in total. The van der Waals surface area contributed by atoms with Crippen molar-refractivity contribution in [2.75, 3.05) is 13.2 Å². The maximum atomic E-state index is 12.0. The van der Waals surface area contributed by atoms with E-state index in [4.69, 9.17) is 4.74 Å². The Bertz CT molecular complexity index is 409. The first-order valence-corrected chi connectivity index (χ1v) is 6.14. The highest BCUT2D eigenvalue weighted by molar-refractivity contribution is 5.95. The predicted octanol–water partition coefficient (Wildman–Crippen LogP) is 2.21. The van der Waals surface area contributed by atoms with Gasteiger partial charge in [0.15, 0.2) is 0 Å². The Morgan fingerprint density at radius 2 is 2.29 bits per heavy atom. The second-order valence-corrected chi connectivity index (χ2v) is 4.59. The fraction of sp³-hybridized carbons (Fsp3) is 0.500. The van der Waals surface area contributed by atoms with E-state index < -0.39 is 0 Å². The third kappa shape index (κ3) is 2.86. The van der Waals surface area contributed by atoms with Crippen LogP contribution >= 0.6 is 0 Å². The van der Waals surface area contributed by atoms with Gasteiger partial charge in [0.1, 0.15) is 0 Å². The van der Waals surface area contributed by atoms with Crippen molar-refractivity contribution < 1.29 is 9.53 Å². The van der Waals surface area contributed by atoms with Crippen LogP contribution in [-0.2, 0) is 4.74 Å². The summed E-state index contributed by atoms with van der Waals surface area (Å²) in [6.45, 7) is 5.44. The van der Waals surface area contributed by atoms with Gasteiger partial charge in [-0.1, -0.05) is 12.1 Å². The van der Waals surface area contributed by atoms with Crippen LogP contribution in [0.25, 0.3) is 0 Å². The van der Waals surface area contributed by atoms with Crippen molar-refractivity contribution in [3.05, 3.63) is 34.9 Å². The monoisotopic (exact) mass is 233 g/mol. The molecule has 1 aliphatic rings. The molecule has 92 valence electrons. The molecule has 17 heavy (non-hydrogen) atoms. The summed E-state index contributed by atoms with van der Waals surface area (Å²) in [4.78, 5) is 12.0. The van der Waals surface area contributed by atoms with Gasteiger partial charge in [-0.3, -0.25) is 4.79 Å². The average Bonchev–Trinajstić information content (AvgIpc) is 2.82. The zero-order chi connectivity index (χ0) is 12.3. The standard InChI is InChI=1S/C14H19NO2/c1-10-5-3-7-13(11(10)2)14(16)15-9-12-6-4-8-17-12/h3,5,7,12H,4,6,8-9H2,1-2H3,(H,15,16). The lowest BCUT2D eigenvalue weighted by Crippen LogP contribution is -2.32. The molecule has 0 aromatic heterocycles. The molecule has 3 nitrogen and oxygen atoms in total. The number of nitrogens with one attached hydrogen (secondary N) is 1.